The quantitative estimate of drug-likeness (QED) is 0.650. The molecule has 0 atom stereocenters. The van der Waals surface area contributed by atoms with Gasteiger partial charge in [0.25, 0.3) is 0 Å². The summed E-state index contributed by atoms with van der Waals surface area (Å²) < 4.78 is 0. The van der Waals surface area contributed by atoms with Crippen LogP contribution in [0.1, 0.15) is 12.5 Å². The Hall–Kier alpha value is -2.50. The third kappa shape index (κ3) is 3.40. The molecule has 2 N–H and O–H groups in total. The number of fused-ring (bicyclic) bond motifs is 1. The molecule has 2 aromatic heterocycles. The zero-order valence-electron chi connectivity index (χ0n) is 15.4. The van der Waals surface area contributed by atoms with Gasteiger partial charge >= 0.3 is 0 Å². The summed E-state index contributed by atoms with van der Waals surface area (Å²) in [5.74, 6) is 1.03. The molecule has 140 valence electrons. The van der Waals surface area contributed by atoms with E-state index in [9.17, 15) is 5.11 Å². The average molecular weight is 383 g/mol. The lowest BCUT2D eigenvalue weighted by atomic mass is 10.0. The molecule has 27 heavy (non-hydrogen) atoms. The monoisotopic (exact) mass is 382 g/mol. The third-order valence-corrected chi connectivity index (χ3v) is 5.60. The van der Waals surface area contributed by atoms with Crippen LogP contribution in [0.3, 0.4) is 0 Å². The lowest BCUT2D eigenvalue weighted by Gasteiger charge is -2.34. The summed E-state index contributed by atoms with van der Waals surface area (Å²) in [5, 5.41) is 11.3. The van der Waals surface area contributed by atoms with Crippen LogP contribution in [0.25, 0.3) is 27.8 Å². The number of aliphatic hydroxyl groups excluding tert-OH is 1. The number of aromatic nitrogens is 2. The van der Waals surface area contributed by atoms with E-state index >= 15 is 0 Å². The number of rotatable bonds is 4. The van der Waals surface area contributed by atoms with E-state index in [2.05, 4.69) is 45.4 Å². The van der Waals surface area contributed by atoms with E-state index in [0.717, 1.165) is 60.6 Å². The van der Waals surface area contributed by atoms with Crippen molar-refractivity contribution in [3.8, 4) is 11.1 Å². The topological polar surface area (TPSA) is 55.4 Å². The first-order chi connectivity index (χ1) is 13.1. The van der Waals surface area contributed by atoms with Crippen LogP contribution in [0.4, 0.5) is 5.82 Å². The van der Waals surface area contributed by atoms with E-state index in [1.54, 1.807) is 6.20 Å². The van der Waals surface area contributed by atoms with Crippen LogP contribution in [-0.2, 0) is 0 Å². The van der Waals surface area contributed by atoms with Crippen molar-refractivity contribution < 1.29 is 5.11 Å². The van der Waals surface area contributed by atoms with Gasteiger partial charge < -0.3 is 19.9 Å². The van der Waals surface area contributed by atoms with E-state index in [-0.39, 0.29) is 5.76 Å². The number of piperazine rings is 1. The number of hydrogen-bond acceptors (Lipinski definition) is 4. The number of nitrogens with one attached hydrogen (secondary N) is 1. The normalized spacial score (nSPS) is 15.4. The van der Waals surface area contributed by atoms with Crippen LogP contribution in [0.5, 0.6) is 0 Å². The Balaban J connectivity index is 1.63. The van der Waals surface area contributed by atoms with Crippen LogP contribution >= 0.6 is 11.6 Å². The van der Waals surface area contributed by atoms with Crippen LogP contribution in [0, 0.1) is 0 Å². The van der Waals surface area contributed by atoms with Gasteiger partial charge in [-0.2, -0.15) is 0 Å². The molecule has 3 heterocycles. The van der Waals surface area contributed by atoms with Crippen molar-refractivity contribution >= 4 is 34.1 Å². The highest BCUT2D eigenvalue weighted by Gasteiger charge is 2.17. The fourth-order valence-corrected chi connectivity index (χ4v) is 3.90. The van der Waals surface area contributed by atoms with Gasteiger partial charge in [0, 0.05) is 66.2 Å². The van der Waals surface area contributed by atoms with Gasteiger partial charge in [0.15, 0.2) is 0 Å². The number of aromatic amines is 1. The van der Waals surface area contributed by atoms with E-state index in [1.165, 1.54) is 0 Å². The first-order valence-corrected chi connectivity index (χ1v) is 9.57. The minimum atomic E-state index is 0.0363. The van der Waals surface area contributed by atoms with Gasteiger partial charge in [0.05, 0.1) is 5.02 Å². The maximum absolute atomic E-state index is 9.79. The molecular weight excluding hydrogens is 360 g/mol. The minimum absolute atomic E-state index is 0.0363. The maximum atomic E-state index is 9.79. The Bertz CT molecular complexity index is 972. The first kappa shape index (κ1) is 17.9. The highest BCUT2D eigenvalue weighted by molar-refractivity contribution is 6.34. The Morgan fingerprint density at radius 3 is 2.67 bits per heavy atom. The number of aliphatic hydroxyl groups is 1. The van der Waals surface area contributed by atoms with Gasteiger partial charge in [0.2, 0.25) is 0 Å². The fraction of sp³-hybridized carbons (Fsp3) is 0.286. The number of anilines is 1. The Morgan fingerprint density at radius 2 is 2.04 bits per heavy atom. The Labute approximate surface area is 163 Å². The van der Waals surface area contributed by atoms with Gasteiger partial charge in [-0.1, -0.05) is 25.1 Å². The van der Waals surface area contributed by atoms with Crippen LogP contribution in [0.15, 0.2) is 43.2 Å². The molecule has 5 nitrogen and oxygen atoms in total. The number of likely N-dealkylation sites (N-methyl/N-ethyl adjacent to an activating group) is 1. The SMILES string of the molecule is C=C(O)c1c[nH]c2cc(Cl)c(-c3ccc(N4CCN(CC)CC4)nc3)cc12. The van der Waals surface area contributed by atoms with Crippen molar-refractivity contribution in [2.45, 2.75) is 6.92 Å². The number of H-pyrrole nitrogens is 1. The molecular formula is C21H23ClN4O. The van der Waals surface area contributed by atoms with E-state index in [0.29, 0.717) is 10.6 Å². The molecule has 0 bridgehead atoms. The van der Waals surface area contributed by atoms with Crippen molar-refractivity contribution in [2.75, 3.05) is 37.6 Å². The van der Waals surface area contributed by atoms with Crippen molar-refractivity contribution in [2.24, 2.45) is 0 Å². The van der Waals surface area contributed by atoms with Crippen molar-refractivity contribution in [3.05, 3.63) is 53.8 Å². The molecule has 1 aliphatic rings. The lowest BCUT2D eigenvalue weighted by Crippen LogP contribution is -2.46. The van der Waals surface area contributed by atoms with Crippen LogP contribution in [0.2, 0.25) is 5.02 Å². The summed E-state index contributed by atoms with van der Waals surface area (Å²) in [6.45, 7) is 11.1. The predicted molar refractivity (Wildman–Crippen MR) is 113 cm³/mol. The molecule has 4 rings (SSSR count). The largest absolute Gasteiger partial charge is 0.508 e. The predicted octanol–water partition coefficient (Wildman–Crippen LogP) is 4.55. The van der Waals surface area contributed by atoms with E-state index in [1.807, 2.05) is 18.3 Å². The van der Waals surface area contributed by atoms with Gasteiger partial charge in [-0.15, -0.1) is 0 Å². The fourth-order valence-electron chi connectivity index (χ4n) is 3.63. The smallest absolute Gasteiger partial charge is 0.128 e. The van der Waals surface area contributed by atoms with Crippen LogP contribution < -0.4 is 4.90 Å². The van der Waals surface area contributed by atoms with Crippen molar-refractivity contribution in [1.29, 1.82) is 0 Å². The molecule has 1 saturated heterocycles. The van der Waals surface area contributed by atoms with Gasteiger partial charge in [-0.25, -0.2) is 4.98 Å². The number of benzene rings is 1. The summed E-state index contributed by atoms with van der Waals surface area (Å²) in [4.78, 5) is 12.6. The number of pyridine rings is 1. The molecule has 1 fully saturated rings. The van der Waals surface area contributed by atoms with Crippen molar-refractivity contribution in [3.63, 3.8) is 0 Å². The first-order valence-electron chi connectivity index (χ1n) is 9.19. The molecule has 1 aromatic carbocycles. The molecule has 0 saturated carbocycles. The van der Waals surface area contributed by atoms with Crippen molar-refractivity contribution in [1.82, 2.24) is 14.9 Å². The summed E-state index contributed by atoms with van der Waals surface area (Å²) in [6, 6.07) is 7.96. The number of halogens is 1. The zero-order chi connectivity index (χ0) is 19.0. The summed E-state index contributed by atoms with van der Waals surface area (Å²) in [6.07, 6.45) is 3.61. The molecule has 3 aromatic rings. The summed E-state index contributed by atoms with van der Waals surface area (Å²) >= 11 is 6.50. The second-order valence-corrected chi connectivity index (χ2v) is 7.26. The Morgan fingerprint density at radius 1 is 1.26 bits per heavy atom. The molecule has 0 unspecified atom stereocenters. The lowest BCUT2D eigenvalue weighted by molar-refractivity contribution is 0.270. The van der Waals surface area contributed by atoms with Gasteiger partial charge in [0.1, 0.15) is 11.6 Å². The molecule has 0 amide bonds. The Kier molecular flexibility index (Phi) is 4.81. The second kappa shape index (κ2) is 7.25. The standard InChI is InChI=1S/C21H23ClN4O/c1-3-25-6-8-26(9-7-25)21-5-4-15(12-24-21)16-10-17-18(14(2)27)13-23-20(17)11-19(16)22/h4-5,10-13,23,27H,2-3,6-9H2,1H3. The third-order valence-electron chi connectivity index (χ3n) is 5.28. The molecule has 0 radical (unpaired) electrons. The molecule has 1 aliphatic heterocycles. The van der Waals surface area contributed by atoms with E-state index < -0.39 is 0 Å². The highest BCUT2D eigenvalue weighted by Crippen LogP contribution is 2.34. The minimum Gasteiger partial charge on any atom is -0.508 e. The van der Waals surface area contributed by atoms with Gasteiger partial charge in [-0.05, 0) is 30.8 Å². The molecule has 0 spiro atoms. The van der Waals surface area contributed by atoms with Crippen LogP contribution in [-0.4, -0.2) is 52.7 Å². The highest BCUT2D eigenvalue weighted by atomic mass is 35.5. The average Bonchev–Trinajstić information content (AvgIpc) is 3.10. The zero-order valence-corrected chi connectivity index (χ0v) is 16.1. The molecule has 0 aliphatic carbocycles. The summed E-state index contributed by atoms with van der Waals surface area (Å²) in [7, 11) is 0. The van der Waals surface area contributed by atoms with E-state index in [4.69, 9.17) is 11.6 Å². The second-order valence-electron chi connectivity index (χ2n) is 6.85. The molecule has 6 heteroatoms. The maximum Gasteiger partial charge on any atom is 0.128 e. The summed E-state index contributed by atoms with van der Waals surface area (Å²) in [5.41, 5.74) is 3.39. The number of nitrogens with zero attached hydrogens (tertiary/aromatic N) is 3. The van der Waals surface area contributed by atoms with Gasteiger partial charge in [-0.3, -0.25) is 0 Å². The number of hydrogen-bond donors (Lipinski definition) is 2.